The van der Waals surface area contributed by atoms with E-state index in [2.05, 4.69) is 20.8 Å². The number of halogens is 1. The van der Waals surface area contributed by atoms with Gasteiger partial charge in [-0.3, -0.25) is 14.4 Å². The molecule has 10 nitrogen and oxygen atoms in total. The molecule has 0 spiro atoms. The summed E-state index contributed by atoms with van der Waals surface area (Å²) in [5.74, 6) is -1.14. The number of para-hydroxylation sites is 1. The minimum Gasteiger partial charge on any atom is -0.493 e. The second kappa shape index (κ2) is 11.3. The number of hydrogen-bond donors (Lipinski definition) is 3. The first-order valence-electron chi connectivity index (χ1n) is 9.51. The zero-order valence-corrected chi connectivity index (χ0v) is 18.9. The molecule has 1 saturated heterocycles. The molecule has 0 aliphatic carbocycles. The number of benzene rings is 2. The molecule has 172 valence electrons. The number of carboxylic acid groups (broad SMARTS) is 1. The summed E-state index contributed by atoms with van der Waals surface area (Å²) in [6.45, 7) is -0.253. The molecule has 1 fully saturated rings. The van der Waals surface area contributed by atoms with E-state index < -0.39 is 17.1 Å². The van der Waals surface area contributed by atoms with Crippen LogP contribution >= 0.6 is 23.4 Å². The van der Waals surface area contributed by atoms with Gasteiger partial charge in [0.05, 0.1) is 30.5 Å². The van der Waals surface area contributed by atoms with Crippen molar-refractivity contribution in [3.05, 3.63) is 53.1 Å². The van der Waals surface area contributed by atoms with Gasteiger partial charge in [0.2, 0.25) is 5.91 Å². The van der Waals surface area contributed by atoms with E-state index in [1.165, 1.54) is 13.3 Å². The van der Waals surface area contributed by atoms with Crippen molar-refractivity contribution in [2.24, 2.45) is 10.2 Å². The molecule has 1 unspecified atom stereocenters. The van der Waals surface area contributed by atoms with Crippen molar-refractivity contribution < 1.29 is 29.0 Å². The van der Waals surface area contributed by atoms with Gasteiger partial charge in [-0.25, -0.2) is 0 Å². The van der Waals surface area contributed by atoms with Crippen LogP contribution in [0.4, 0.5) is 5.69 Å². The highest BCUT2D eigenvalue weighted by Crippen LogP contribution is 2.28. The number of hydrogen-bond acceptors (Lipinski definition) is 8. The van der Waals surface area contributed by atoms with Gasteiger partial charge in [0.15, 0.2) is 23.3 Å². The number of amidine groups is 1. The van der Waals surface area contributed by atoms with Crippen molar-refractivity contribution in [2.45, 2.75) is 11.7 Å². The molecule has 0 bridgehead atoms. The lowest BCUT2D eigenvalue weighted by Crippen LogP contribution is -2.26. The van der Waals surface area contributed by atoms with Crippen molar-refractivity contribution in [2.75, 3.05) is 19.0 Å². The molecule has 1 atom stereocenters. The summed E-state index contributed by atoms with van der Waals surface area (Å²) in [5, 5.41) is 21.7. The van der Waals surface area contributed by atoms with Crippen LogP contribution in [-0.2, 0) is 14.4 Å². The summed E-state index contributed by atoms with van der Waals surface area (Å²) in [5.41, 5.74) is 1.11. The first-order chi connectivity index (χ1) is 15.9. The first kappa shape index (κ1) is 24.1. The number of amides is 2. The molecular formula is C21H19ClN4O6S. The van der Waals surface area contributed by atoms with Gasteiger partial charge in [0.1, 0.15) is 5.25 Å². The van der Waals surface area contributed by atoms with E-state index in [9.17, 15) is 14.4 Å². The van der Waals surface area contributed by atoms with Gasteiger partial charge in [-0.2, -0.15) is 5.10 Å². The van der Waals surface area contributed by atoms with Gasteiger partial charge >= 0.3 is 5.97 Å². The largest absolute Gasteiger partial charge is 0.493 e. The number of rotatable bonds is 9. The molecule has 1 aliphatic rings. The van der Waals surface area contributed by atoms with Crippen molar-refractivity contribution in [3.63, 3.8) is 0 Å². The van der Waals surface area contributed by atoms with E-state index in [0.29, 0.717) is 27.8 Å². The Kier molecular flexibility index (Phi) is 8.28. The summed E-state index contributed by atoms with van der Waals surface area (Å²) in [6.07, 6.45) is 1.13. The normalized spacial score (nSPS) is 16.6. The van der Waals surface area contributed by atoms with Crippen LogP contribution in [0, 0.1) is 0 Å². The van der Waals surface area contributed by atoms with Gasteiger partial charge < -0.3 is 25.2 Å². The van der Waals surface area contributed by atoms with E-state index in [4.69, 9.17) is 26.2 Å². The molecule has 3 N–H and O–H groups in total. The first-order valence-corrected chi connectivity index (χ1v) is 10.8. The van der Waals surface area contributed by atoms with Crippen molar-refractivity contribution in [1.29, 1.82) is 0 Å². The van der Waals surface area contributed by atoms with Gasteiger partial charge in [-0.15, -0.1) is 5.10 Å². The smallest absolute Gasteiger partial charge is 0.305 e. The molecule has 2 aromatic carbocycles. The van der Waals surface area contributed by atoms with E-state index in [-0.39, 0.29) is 24.1 Å². The van der Waals surface area contributed by atoms with Crippen molar-refractivity contribution in [1.82, 2.24) is 5.32 Å². The Balaban J connectivity index is 1.58. The number of nitrogens with zero attached hydrogens (tertiary/aromatic N) is 2. The highest BCUT2D eigenvalue weighted by molar-refractivity contribution is 8.15. The number of aliphatic carboxylic acids is 1. The van der Waals surface area contributed by atoms with E-state index in [1.807, 2.05) is 0 Å². The van der Waals surface area contributed by atoms with Gasteiger partial charge in [0, 0.05) is 0 Å². The Morgan fingerprint density at radius 2 is 2.06 bits per heavy atom. The van der Waals surface area contributed by atoms with Gasteiger partial charge in [0.25, 0.3) is 5.91 Å². The predicted octanol–water partition coefficient (Wildman–Crippen LogP) is 2.76. The highest BCUT2D eigenvalue weighted by Gasteiger charge is 2.32. The van der Waals surface area contributed by atoms with E-state index >= 15 is 0 Å². The molecule has 0 radical (unpaired) electrons. The molecule has 1 heterocycles. The molecular weight excluding hydrogens is 472 g/mol. The van der Waals surface area contributed by atoms with Crippen LogP contribution in [0.5, 0.6) is 11.5 Å². The second-order valence-corrected chi connectivity index (χ2v) is 8.17. The molecule has 1 aliphatic heterocycles. The van der Waals surface area contributed by atoms with Crippen LogP contribution in [0.2, 0.25) is 5.02 Å². The average molecular weight is 491 g/mol. The predicted molar refractivity (Wildman–Crippen MR) is 125 cm³/mol. The minimum absolute atomic E-state index is 0.221. The van der Waals surface area contributed by atoms with Gasteiger partial charge in [-0.05, 0) is 35.9 Å². The number of ether oxygens (including phenoxy) is 2. The summed E-state index contributed by atoms with van der Waals surface area (Å²) >= 11 is 7.03. The average Bonchev–Trinajstić information content (AvgIpc) is 3.12. The van der Waals surface area contributed by atoms with Crippen LogP contribution < -0.4 is 20.1 Å². The highest BCUT2D eigenvalue weighted by atomic mass is 35.5. The minimum atomic E-state index is -1.07. The summed E-state index contributed by atoms with van der Waals surface area (Å²) < 4.78 is 10.9. The van der Waals surface area contributed by atoms with E-state index in [0.717, 1.165) is 11.8 Å². The number of methoxy groups -OCH3 is 1. The van der Waals surface area contributed by atoms with Crippen LogP contribution in [0.25, 0.3) is 0 Å². The fraction of sp³-hybridized carbons (Fsp3) is 0.190. The maximum absolute atomic E-state index is 12.1. The zero-order valence-electron chi connectivity index (χ0n) is 17.3. The lowest BCUT2D eigenvalue weighted by Gasteiger charge is -2.12. The standard InChI is InChI=1S/C21H19ClN4O6S/c1-31-16-8-12(10-23-26-21-25-20(30)17(33-21)9-19(28)29)6-7-15(16)32-11-18(27)24-14-5-3-2-4-13(14)22/h2-8,10,17H,9,11H2,1H3,(H,24,27)(H,28,29)(H,25,26,30). The number of nitrogens with one attached hydrogen (secondary N) is 2. The number of carboxylic acids is 1. The fourth-order valence-corrected chi connectivity index (χ4v) is 3.77. The Bertz CT molecular complexity index is 1120. The lowest BCUT2D eigenvalue weighted by molar-refractivity contribution is -0.138. The third-order valence-electron chi connectivity index (χ3n) is 4.19. The molecule has 2 amide bonds. The summed E-state index contributed by atoms with van der Waals surface area (Å²) in [4.78, 5) is 34.6. The van der Waals surface area contributed by atoms with Crippen LogP contribution in [0.1, 0.15) is 12.0 Å². The second-order valence-electron chi connectivity index (χ2n) is 6.57. The molecule has 33 heavy (non-hydrogen) atoms. The Morgan fingerprint density at radius 3 is 2.79 bits per heavy atom. The topological polar surface area (TPSA) is 139 Å². The molecule has 0 saturated carbocycles. The van der Waals surface area contributed by atoms with Crippen LogP contribution in [0.15, 0.2) is 52.7 Å². The molecule has 2 aromatic rings. The van der Waals surface area contributed by atoms with E-state index in [1.54, 1.807) is 42.5 Å². The number of anilines is 1. The Labute approximate surface area is 198 Å². The number of carbonyl (C=O) groups is 3. The third kappa shape index (κ3) is 6.96. The lowest BCUT2D eigenvalue weighted by atomic mass is 10.2. The molecule has 0 aromatic heterocycles. The molecule has 12 heteroatoms. The van der Waals surface area contributed by atoms with Gasteiger partial charge in [-0.1, -0.05) is 35.5 Å². The maximum atomic E-state index is 12.1. The van der Waals surface area contributed by atoms with Crippen molar-refractivity contribution in [3.8, 4) is 11.5 Å². The summed E-state index contributed by atoms with van der Waals surface area (Å²) in [6, 6.07) is 11.8. The van der Waals surface area contributed by atoms with Crippen LogP contribution in [0.3, 0.4) is 0 Å². The quantitative estimate of drug-likeness (QED) is 0.363. The van der Waals surface area contributed by atoms with Crippen molar-refractivity contribution >= 4 is 58.2 Å². The van der Waals surface area contributed by atoms with Crippen LogP contribution in [-0.4, -0.2) is 53.2 Å². The Hall–Kier alpha value is -3.57. The monoisotopic (exact) mass is 490 g/mol. The SMILES string of the molecule is COc1cc(C=NN=C2NC(=O)C(CC(=O)O)S2)ccc1OCC(=O)Nc1ccccc1Cl. The molecule has 3 rings (SSSR count). The number of carbonyl (C=O) groups excluding carboxylic acids is 2. The fourth-order valence-electron chi connectivity index (χ4n) is 2.67. The maximum Gasteiger partial charge on any atom is 0.305 e. The Morgan fingerprint density at radius 1 is 1.27 bits per heavy atom. The zero-order chi connectivity index (χ0) is 23.8. The third-order valence-corrected chi connectivity index (χ3v) is 5.59. The number of thioether (sulfide) groups is 1. The summed E-state index contributed by atoms with van der Waals surface area (Å²) in [7, 11) is 1.46.